The number of nitro benzene ring substituents is 1. The Bertz CT molecular complexity index is 995. The van der Waals surface area contributed by atoms with Gasteiger partial charge in [-0.1, -0.05) is 50.5 Å². The minimum atomic E-state index is -0.616. The summed E-state index contributed by atoms with van der Waals surface area (Å²) in [4.78, 5) is 38.5. The molecule has 188 valence electrons. The monoisotopic (exact) mass is 501 g/mol. The second-order valence-corrected chi connectivity index (χ2v) is 9.82. The zero-order chi connectivity index (χ0) is 25.2. The molecule has 0 saturated heterocycles. The van der Waals surface area contributed by atoms with E-state index in [1.54, 1.807) is 29.2 Å². The number of halogens is 1. The molecule has 0 radical (unpaired) electrons. The predicted octanol–water partition coefficient (Wildman–Crippen LogP) is 5.22. The van der Waals surface area contributed by atoms with Gasteiger partial charge in [0.25, 0.3) is 5.69 Å². The quantitative estimate of drug-likeness (QED) is 0.336. The first kappa shape index (κ1) is 26.7. The van der Waals surface area contributed by atoms with Crippen LogP contribution in [0.15, 0.2) is 48.5 Å². The molecule has 9 heteroatoms. The maximum Gasteiger partial charge on any atom is 0.269 e. The number of hydrogen-bond donors (Lipinski definition) is 1. The molecular formula is C26H32FN3O4S. The zero-order valence-electron chi connectivity index (χ0n) is 20.0. The van der Waals surface area contributed by atoms with Gasteiger partial charge >= 0.3 is 0 Å². The maximum atomic E-state index is 13.4. The molecule has 0 aliphatic heterocycles. The molecule has 0 bridgehead atoms. The van der Waals surface area contributed by atoms with Crippen molar-refractivity contribution in [3.63, 3.8) is 0 Å². The molecular weight excluding hydrogens is 469 g/mol. The lowest BCUT2D eigenvalue weighted by molar-refractivity contribution is -0.384. The number of carbonyl (C=O) groups excluding carboxylic acids is 2. The molecule has 0 unspecified atom stereocenters. The maximum absolute atomic E-state index is 13.4. The Morgan fingerprint density at radius 2 is 1.71 bits per heavy atom. The van der Waals surface area contributed by atoms with Gasteiger partial charge in [0.1, 0.15) is 11.9 Å². The average molecular weight is 502 g/mol. The van der Waals surface area contributed by atoms with Crippen molar-refractivity contribution in [1.82, 2.24) is 10.2 Å². The minimum absolute atomic E-state index is 0.0232. The normalized spacial score (nSPS) is 14.8. The zero-order valence-corrected chi connectivity index (χ0v) is 20.8. The van der Waals surface area contributed by atoms with Gasteiger partial charge in [-0.05, 0) is 42.5 Å². The molecule has 1 fully saturated rings. The summed E-state index contributed by atoms with van der Waals surface area (Å²) in [6, 6.07) is 11.7. The van der Waals surface area contributed by atoms with E-state index in [-0.39, 0.29) is 41.7 Å². The van der Waals surface area contributed by atoms with E-state index in [1.807, 2.05) is 6.92 Å². The summed E-state index contributed by atoms with van der Waals surface area (Å²) < 4.78 is 13.4. The molecule has 7 nitrogen and oxygen atoms in total. The van der Waals surface area contributed by atoms with Gasteiger partial charge in [0.05, 0.1) is 10.7 Å². The standard InChI is InChI=1S/C26H32FN3O4S/c1-2-24(26(32)28-22-6-4-3-5-7-22)29(16-19-8-12-21(27)13-9-19)25(31)18-35-17-20-10-14-23(15-11-20)30(33)34/h8-15,22,24H,2-7,16-18H2,1H3,(H,28,32)/t24-/m1/s1. The van der Waals surface area contributed by atoms with Crippen molar-refractivity contribution in [2.75, 3.05) is 5.75 Å². The smallest absolute Gasteiger partial charge is 0.269 e. The Morgan fingerprint density at radius 3 is 2.31 bits per heavy atom. The van der Waals surface area contributed by atoms with Crippen molar-refractivity contribution in [2.24, 2.45) is 0 Å². The lowest BCUT2D eigenvalue weighted by Gasteiger charge is -2.32. The SMILES string of the molecule is CC[C@H](C(=O)NC1CCCCC1)N(Cc1ccc(F)cc1)C(=O)CSCc1ccc([N+](=O)[O-])cc1. The fourth-order valence-electron chi connectivity index (χ4n) is 4.30. The van der Waals surface area contributed by atoms with Crippen molar-refractivity contribution in [1.29, 1.82) is 0 Å². The number of nitrogens with one attached hydrogen (secondary N) is 1. The predicted molar refractivity (Wildman–Crippen MR) is 135 cm³/mol. The van der Waals surface area contributed by atoms with Gasteiger partial charge in [-0.25, -0.2) is 4.39 Å². The van der Waals surface area contributed by atoms with Gasteiger partial charge in [0, 0.05) is 30.5 Å². The van der Waals surface area contributed by atoms with Crippen molar-refractivity contribution in [3.8, 4) is 0 Å². The number of thioether (sulfide) groups is 1. The second kappa shape index (κ2) is 13.2. The van der Waals surface area contributed by atoms with Crippen LogP contribution in [0.5, 0.6) is 0 Å². The highest BCUT2D eigenvalue weighted by molar-refractivity contribution is 7.99. The molecule has 1 N–H and O–H groups in total. The van der Waals surface area contributed by atoms with Crippen molar-refractivity contribution in [2.45, 2.75) is 69.8 Å². The van der Waals surface area contributed by atoms with E-state index in [2.05, 4.69) is 5.32 Å². The van der Waals surface area contributed by atoms with E-state index < -0.39 is 11.0 Å². The van der Waals surface area contributed by atoms with Crippen LogP contribution in [-0.4, -0.2) is 39.5 Å². The minimum Gasteiger partial charge on any atom is -0.352 e. The molecule has 1 atom stereocenters. The van der Waals surface area contributed by atoms with Gasteiger partial charge in [0.2, 0.25) is 11.8 Å². The van der Waals surface area contributed by atoms with E-state index in [0.29, 0.717) is 12.2 Å². The van der Waals surface area contributed by atoms with Crippen LogP contribution in [0, 0.1) is 15.9 Å². The van der Waals surface area contributed by atoms with Gasteiger partial charge in [-0.15, -0.1) is 11.8 Å². The van der Waals surface area contributed by atoms with Gasteiger partial charge < -0.3 is 10.2 Å². The lowest BCUT2D eigenvalue weighted by Crippen LogP contribution is -2.52. The molecule has 3 rings (SSSR count). The van der Waals surface area contributed by atoms with Gasteiger partial charge in [0.15, 0.2) is 0 Å². The van der Waals surface area contributed by atoms with Crippen LogP contribution in [0.2, 0.25) is 0 Å². The van der Waals surface area contributed by atoms with E-state index in [4.69, 9.17) is 0 Å². The third-order valence-corrected chi connectivity index (χ3v) is 7.23. The molecule has 1 aliphatic carbocycles. The van der Waals surface area contributed by atoms with E-state index in [9.17, 15) is 24.1 Å². The Labute approximate surface area is 209 Å². The number of amides is 2. The molecule has 35 heavy (non-hydrogen) atoms. The third-order valence-electron chi connectivity index (χ3n) is 6.25. The molecule has 0 heterocycles. The molecule has 0 aromatic heterocycles. The Morgan fingerprint density at radius 1 is 1.09 bits per heavy atom. The third kappa shape index (κ3) is 8.06. The Balaban J connectivity index is 1.67. The number of nitro groups is 1. The summed E-state index contributed by atoms with van der Waals surface area (Å²) in [6.07, 6.45) is 5.76. The van der Waals surface area contributed by atoms with Gasteiger partial charge in [-0.2, -0.15) is 0 Å². The number of non-ortho nitro benzene ring substituents is 1. The van der Waals surface area contributed by atoms with Crippen LogP contribution in [0.25, 0.3) is 0 Å². The number of benzene rings is 2. The molecule has 1 saturated carbocycles. The van der Waals surface area contributed by atoms with E-state index in [1.165, 1.54) is 42.4 Å². The Hall–Kier alpha value is -2.94. The lowest BCUT2D eigenvalue weighted by atomic mass is 9.95. The van der Waals surface area contributed by atoms with Crippen LogP contribution >= 0.6 is 11.8 Å². The van der Waals surface area contributed by atoms with Crippen LogP contribution in [-0.2, 0) is 21.9 Å². The second-order valence-electron chi connectivity index (χ2n) is 8.83. The summed E-state index contributed by atoms with van der Waals surface area (Å²) in [5, 5.41) is 14.0. The number of hydrogen-bond acceptors (Lipinski definition) is 5. The topological polar surface area (TPSA) is 92.6 Å². The number of carbonyl (C=O) groups is 2. The molecule has 2 amide bonds. The largest absolute Gasteiger partial charge is 0.352 e. The first-order valence-electron chi connectivity index (χ1n) is 12.0. The van der Waals surface area contributed by atoms with Crippen LogP contribution < -0.4 is 5.32 Å². The average Bonchev–Trinajstić information content (AvgIpc) is 2.86. The summed E-state index contributed by atoms with van der Waals surface area (Å²) in [7, 11) is 0. The number of rotatable bonds is 11. The van der Waals surface area contributed by atoms with E-state index >= 15 is 0 Å². The van der Waals surface area contributed by atoms with Gasteiger partial charge in [-0.3, -0.25) is 19.7 Å². The highest BCUT2D eigenvalue weighted by Crippen LogP contribution is 2.21. The fraction of sp³-hybridized carbons (Fsp3) is 0.462. The summed E-state index contributed by atoms with van der Waals surface area (Å²) in [5.41, 5.74) is 1.65. The van der Waals surface area contributed by atoms with Crippen molar-refractivity contribution in [3.05, 3.63) is 75.6 Å². The summed E-state index contributed by atoms with van der Waals surface area (Å²) >= 11 is 1.39. The molecule has 2 aromatic carbocycles. The fourth-order valence-corrected chi connectivity index (χ4v) is 5.17. The summed E-state index contributed by atoms with van der Waals surface area (Å²) in [5.74, 6) is -0.000577. The van der Waals surface area contributed by atoms with Crippen molar-refractivity contribution >= 4 is 29.3 Å². The highest BCUT2D eigenvalue weighted by Gasteiger charge is 2.30. The summed E-state index contributed by atoms with van der Waals surface area (Å²) in [6.45, 7) is 2.11. The number of nitrogens with zero attached hydrogens (tertiary/aromatic N) is 2. The van der Waals surface area contributed by atoms with Crippen LogP contribution in [0.1, 0.15) is 56.6 Å². The highest BCUT2D eigenvalue weighted by atomic mass is 32.2. The van der Waals surface area contributed by atoms with Crippen LogP contribution in [0.4, 0.5) is 10.1 Å². The Kier molecular flexibility index (Phi) is 10.1. The van der Waals surface area contributed by atoms with Crippen LogP contribution in [0.3, 0.4) is 0 Å². The van der Waals surface area contributed by atoms with Crippen molar-refractivity contribution < 1.29 is 18.9 Å². The molecule has 2 aromatic rings. The van der Waals surface area contributed by atoms with E-state index in [0.717, 1.165) is 36.8 Å². The molecule has 0 spiro atoms. The molecule has 1 aliphatic rings. The first-order chi connectivity index (χ1) is 16.9. The first-order valence-corrected chi connectivity index (χ1v) is 13.2.